The minimum absolute atomic E-state index is 0.511. The Kier molecular flexibility index (Phi) is 4.17. The number of ether oxygens (including phenoxy) is 2. The Morgan fingerprint density at radius 2 is 2.00 bits per heavy atom. The number of methoxy groups -OCH3 is 1. The van der Waals surface area contributed by atoms with Crippen molar-refractivity contribution in [2.24, 2.45) is 0 Å². The number of aldehydes is 1. The van der Waals surface area contributed by atoms with Gasteiger partial charge in [-0.25, -0.2) is 4.79 Å². The van der Waals surface area contributed by atoms with Crippen LogP contribution in [0.2, 0.25) is 0 Å². The van der Waals surface area contributed by atoms with E-state index in [4.69, 9.17) is 4.74 Å². The summed E-state index contributed by atoms with van der Waals surface area (Å²) in [6.07, 6.45) is 4.12. The third-order valence-corrected chi connectivity index (χ3v) is 2.47. The summed E-state index contributed by atoms with van der Waals surface area (Å²) in [6, 6.07) is 0. The molecule has 1 rings (SSSR count). The zero-order valence-electron chi connectivity index (χ0n) is 8.75. The van der Waals surface area contributed by atoms with Gasteiger partial charge in [-0.05, 0) is 37.5 Å². The molecule has 0 spiro atoms. The lowest BCUT2D eigenvalue weighted by molar-refractivity contribution is -0.103. The molecule has 0 atom stereocenters. The fourth-order valence-corrected chi connectivity index (χ4v) is 1.74. The number of hydrogen-bond donors (Lipinski definition) is 0. The monoisotopic (exact) mass is 210 g/mol. The molecular formula is C11H14O4. The van der Waals surface area contributed by atoms with Crippen LogP contribution < -0.4 is 0 Å². The smallest absolute Gasteiger partial charge is 0.438 e. The van der Waals surface area contributed by atoms with E-state index in [0.717, 1.165) is 19.3 Å². The highest BCUT2D eigenvalue weighted by Crippen LogP contribution is 2.31. The van der Waals surface area contributed by atoms with Crippen molar-refractivity contribution in [2.75, 3.05) is 7.11 Å². The summed E-state index contributed by atoms with van der Waals surface area (Å²) < 4.78 is 9.58. The minimum atomic E-state index is -0.813. The molecule has 0 aromatic carbocycles. The first-order valence-corrected chi connectivity index (χ1v) is 4.96. The van der Waals surface area contributed by atoms with Crippen LogP contribution in [0.3, 0.4) is 0 Å². The normalized spacial score (nSPS) is 18.2. The summed E-state index contributed by atoms with van der Waals surface area (Å²) in [5.74, 6) is 5.03. The van der Waals surface area contributed by atoms with Crippen LogP contribution in [-0.4, -0.2) is 25.2 Å². The van der Waals surface area contributed by atoms with Gasteiger partial charge in [0.2, 0.25) is 0 Å². The Hall–Kier alpha value is -1.50. The highest BCUT2D eigenvalue weighted by molar-refractivity contribution is 5.73. The van der Waals surface area contributed by atoms with E-state index < -0.39 is 11.8 Å². The minimum Gasteiger partial charge on any atom is -0.438 e. The lowest BCUT2D eigenvalue weighted by atomic mass is 9.85. The number of rotatable bonds is 1. The van der Waals surface area contributed by atoms with E-state index in [1.165, 1.54) is 7.11 Å². The Morgan fingerprint density at radius 3 is 2.53 bits per heavy atom. The third-order valence-electron chi connectivity index (χ3n) is 2.47. The van der Waals surface area contributed by atoms with Gasteiger partial charge in [0.25, 0.3) is 0 Å². The molecule has 1 saturated carbocycles. The lowest BCUT2D eigenvalue weighted by Crippen LogP contribution is -2.35. The molecule has 4 heteroatoms. The van der Waals surface area contributed by atoms with Crippen LogP contribution in [-0.2, 0) is 14.3 Å². The molecule has 1 aliphatic carbocycles. The number of carbonyl (C=O) groups excluding carboxylic acids is 2. The molecule has 0 bridgehead atoms. The molecule has 15 heavy (non-hydrogen) atoms. The zero-order valence-corrected chi connectivity index (χ0v) is 8.75. The summed E-state index contributed by atoms with van der Waals surface area (Å²) in [6.45, 7) is 0. The molecule has 1 aliphatic rings. The lowest BCUT2D eigenvalue weighted by Gasteiger charge is -2.31. The fraction of sp³-hybridized carbons (Fsp3) is 0.636. The molecule has 0 aromatic heterocycles. The predicted molar refractivity (Wildman–Crippen MR) is 53.1 cm³/mol. The molecule has 4 nitrogen and oxygen atoms in total. The van der Waals surface area contributed by atoms with Gasteiger partial charge in [-0.15, -0.1) is 0 Å². The Bertz CT molecular complexity index is 291. The van der Waals surface area contributed by atoms with Gasteiger partial charge >= 0.3 is 6.16 Å². The molecule has 0 heterocycles. The molecule has 0 aromatic rings. The molecule has 82 valence electrons. The van der Waals surface area contributed by atoms with Gasteiger partial charge in [-0.1, -0.05) is 6.42 Å². The van der Waals surface area contributed by atoms with Crippen molar-refractivity contribution in [3.8, 4) is 11.8 Å². The molecule has 0 radical (unpaired) electrons. The van der Waals surface area contributed by atoms with E-state index in [1.807, 2.05) is 0 Å². The highest BCUT2D eigenvalue weighted by atomic mass is 16.7. The SMILES string of the molecule is COC(=O)OC1(C#CC=O)CCCCC1. The first kappa shape index (κ1) is 11.6. The average Bonchev–Trinajstić information content (AvgIpc) is 2.27. The molecule has 1 fully saturated rings. The van der Waals surface area contributed by atoms with E-state index >= 15 is 0 Å². The quantitative estimate of drug-likeness (QED) is 0.375. The van der Waals surface area contributed by atoms with Crippen molar-refractivity contribution in [1.82, 2.24) is 0 Å². The van der Waals surface area contributed by atoms with Crippen molar-refractivity contribution in [1.29, 1.82) is 0 Å². The zero-order chi connectivity index (χ0) is 11.1. The van der Waals surface area contributed by atoms with Gasteiger partial charge in [0.1, 0.15) is 0 Å². The van der Waals surface area contributed by atoms with Gasteiger partial charge in [0, 0.05) is 0 Å². The van der Waals surface area contributed by atoms with E-state index in [1.54, 1.807) is 0 Å². The predicted octanol–water partition coefficient (Wildman–Crippen LogP) is 1.67. The van der Waals surface area contributed by atoms with Crippen molar-refractivity contribution < 1.29 is 19.1 Å². The summed E-state index contributed by atoms with van der Waals surface area (Å²) in [5.41, 5.74) is -0.813. The van der Waals surface area contributed by atoms with Gasteiger partial charge in [-0.2, -0.15) is 0 Å². The van der Waals surface area contributed by atoms with Crippen LogP contribution in [0.5, 0.6) is 0 Å². The van der Waals surface area contributed by atoms with E-state index in [-0.39, 0.29) is 0 Å². The first-order valence-electron chi connectivity index (χ1n) is 4.96. The largest absolute Gasteiger partial charge is 0.509 e. The number of carbonyl (C=O) groups is 2. The Labute approximate surface area is 88.9 Å². The molecule has 0 saturated heterocycles. The summed E-state index contributed by atoms with van der Waals surface area (Å²) >= 11 is 0. The van der Waals surface area contributed by atoms with Crippen LogP contribution in [0.25, 0.3) is 0 Å². The summed E-state index contributed by atoms with van der Waals surface area (Å²) in [7, 11) is 1.26. The van der Waals surface area contributed by atoms with Gasteiger partial charge in [-0.3, -0.25) is 4.79 Å². The second kappa shape index (κ2) is 5.40. The fourth-order valence-electron chi connectivity index (χ4n) is 1.74. The van der Waals surface area contributed by atoms with Crippen LogP contribution in [0.15, 0.2) is 0 Å². The molecular weight excluding hydrogens is 196 g/mol. The van der Waals surface area contributed by atoms with Crippen molar-refractivity contribution >= 4 is 12.4 Å². The van der Waals surface area contributed by atoms with Gasteiger partial charge in [0.05, 0.1) is 7.11 Å². The maximum Gasteiger partial charge on any atom is 0.509 e. The maximum absolute atomic E-state index is 11.0. The van der Waals surface area contributed by atoms with E-state index in [9.17, 15) is 9.59 Å². The second-order valence-electron chi connectivity index (χ2n) is 3.50. The molecule has 0 unspecified atom stereocenters. The Balaban J connectivity index is 2.74. The average molecular weight is 210 g/mol. The third kappa shape index (κ3) is 3.28. The summed E-state index contributed by atoms with van der Waals surface area (Å²) in [5, 5.41) is 0. The van der Waals surface area contributed by atoms with Crippen molar-refractivity contribution in [3.05, 3.63) is 0 Å². The van der Waals surface area contributed by atoms with E-state index in [0.29, 0.717) is 19.1 Å². The second-order valence-corrected chi connectivity index (χ2v) is 3.50. The highest BCUT2D eigenvalue weighted by Gasteiger charge is 2.34. The maximum atomic E-state index is 11.0. The molecule has 0 aliphatic heterocycles. The standard InChI is InChI=1S/C11H14O4/c1-14-10(13)15-11(8-5-9-12)6-3-2-4-7-11/h9H,2-4,6-7H2,1H3. The molecule has 0 amide bonds. The number of hydrogen-bond acceptors (Lipinski definition) is 4. The Morgan fingerprint density at radius 1 is 1.33 bits per heavy atom. The van der Waals surface area contributed by atoms with Gasteiger partial charge in [0.15, 0.2) is 11.9 Å². The first-order chi connectivity index (χ1) is 7.22. The van der Waals surface area contributed by atoms with Crippen LogP contribution in [0.1, 0.15) is 32.1 Å². The van der Waals surface area contributed by atoms with Crippen molar-refractivity contribution in [3.63, 3.8) is 0 Å². The van der Waals surface area contributed by atoms with Crippen LogP contribution in [0.4, 0.5) is 4.79 Å². The molecule has 0 N–H and O–H groups in total. The van der Waals surface area contributed by atoms with Crippen LogP contribution >= 0.6 is 0 Å². The van der Waals surface area contributed by atoms with E-state index in [2.05, 4.69) is 16.6 Å². The van der Waals surface area contributed by atoms with Gasteiger partial charge < -0.3 is 9.47 Å². The topological polar surface area (TPSA) is 52.6 Å². The van der Waals surface area contributed by atoms with Crippen LogP contribution in [0, 0.1) is 11.8 Å². The summed E-state index contributed by atoms with van der Waals surface area (Å²) in [4.78, 5) is 21.2. The van der Waals surface area contributed by atoms with Crippen molar-refractivity contribution in [2.45, 2.75) is 37.7 Å².